The van der Waals surface area contributed by atoms with Crippen LogP contribution in [0.1, 0.15) is 75.9 Å². The predicted molar refractivity (Wildman–Crippen MR) is 161 cm³/mol. The van der Waals surface area contributed by atoms with E-state index < -0.39 is 41.9 Å². The van der Waals surface area contributed by atoms with Crippen LogP contribution >= 0.6 is 0 Å². The molecule has 13 heteroatoms. The first kappa shape index (κ1) is 31.0. The molecule has 0 bridgehead atoms. The van der Waals surface area contributed by atoms with Crippen LogP contribution in [0.3, 0.4) is 0 Å². The summed E-state index contributed by atoms with van der Waals surface area (Å²) in [6, 6.07) is 3.46. The maximum absolute atomic E-state index is 13.9. The number of nitrogens with one attached hydrogen (secondary N) is 6. The Morgan fingerprint density at radius 3 is 2.37 bits per heavy atom. The third-order valence-corrected chi connectivity index (χ3v) is 9.26. The SMILES string of the molecule is CC(C)(C)c1cc(C(=O)N[C@H]2CN3C(=N)NC(CN4COCCCC4=O)C4NC(=N)NC43[C@@]2(O)CO)cc(C(C)(C)C)c1. The lowest BCUT2D eigenvalue weighted by Crippen LogP contribution is -2.82. The quantitative estimate of drug-likeness (QED) is 0.233. The van der Waals surface area contributed by atoms with Crippen molar-refractivity contribution >= 4 is 23.7 Å². The minimum Gasteiger partial charge on any atom is -0.393 e. The number of guanidine groups is 2. The second-order valence-corrected chi connectivity index (χ2v) is 14.3. The van der Waals surface area contributed by atoms with E-state index in [1.165, 1.54) is 0 Å². The third-order valence-electron chi connectivity index (χ3n) is 9.26. The Balaban J connectivity index is 1.48. The van der Waals surface area contributed by atoms with Crippen LogP contribution in [0.5, 0.6) is 0 Å². The van der Waals surface area contributed by atoms with Gasteiger partial charge in [0.05, 0.1) is 24.7 Å². The van der Waals surface area contributed by atoms with Gasteiger partial charge in [-0.15, -0.1) is 0 Å². The first-order valence-corrected chi connectivity index (χ1v) is 14.9. The zero-order valence-electron chi connectivity index (χ0n) is 25.9. The lowest BCUT2D eigenvalue weighted by Gasteiger charge is -2.53. The van der Waals surface area contributed by atoms with Gasteiger partial charge in [-0.25, -0.2) is 0 Å². The molecule has 43 heavy (non-hydrogen) atoms. The molecule has 4 saturated heterocycles. The van der Waals surface area contributed by atoms with Crippen LogP contribution in [0.25, 0.3) is 0 Å². The first-order chi connectivity index (χ1) is 20.0. The average molecular weight is 599 g/mol. The Morgan fingerprint density at radius 2 is 1.77 bits per heavy atom. The van der Waals surface area contributed by atoms with Gasteiger partial charge in [-0.2, -0.15) is 0 Å². The molecule has 0 saturated carbocycles. The molecule has 4 aliphatic rings. The molecule has 2 amide bonds. The molecule has 0 aromatic heterocycles. The number of ether oxygens (including phenoxy) is 1. The molecule has 13 nitrogen and oxygen atoms in total. The highest BCUT2D eigenvalue weighted by Crippen LogP contribution is 2.44. The van der Waals surface area contributed by atoms with Gasteiger partial charge in [0.1, 0.15) is 6.73 Å². The minimum absolute atomic E-state index is 0.00331. The van der Waals surface area contributed by atoms with Gasteiger partial charge in [-0.05, 0) is 40.5 Å². The maximum Gasteiger partial charge on any atom is 0.251 e. The Morgan fingerprint density at radius 1 is 1.12 bits per heavy atom. The molecule has 1 aromatic carbocycles. The number of amides is 2. The number of carbonyl (C=O) groups is 2. The predicted octanol–water partition coefficient (Wildman–Crippen LogP) is 0.115. The van der Waals surface area contributed by atoms with E-state index in [1.807, 2.05) is 12.1 Å². The second kappa shape index (κ2) is 10.6. The molecule has 4 fully saturated rings. The third kappa shape index (κ3) is 5.21. The zero-order valence-corrected chi connectivity index (χ0v) is 25.9. The summed E-state index contributed by atoms with van der Waals surface area (Å²) in [5.74, 6) is -0.640. The first-order valence-electron chi connectivity index (χ1n) is 14.9. The Labute approximate surface area is 252 Å². The van der Waals surface area contributed by atoms with Crippen LogP contribution < -0.4 is 21.3 Å². The van der Waals surface area contributed by atoms with Crippen molar-refractivity contribution in [2.24, 2.45) is 0 Å². The summed E-state index contributed by atoms with van der Waals surface area (Å²) in [4.78, 5) is 29.7. The molecule has 1 spiro atoms. The van der Waals surface area contributed by atoms with Crippen LogP contribution in [0, 0.1) is 10.8 Å². The molecule has 5 atom stereocenters. The summed E-state index contributed by atoms with van der Waals surface area (Å²) in [5.41, 5.74) is -1.54. The summed E-state index contributed by atoms with van der Waals surface area (Å²) in [6.45, 7) is 12.5. The Kier molecular flexibility index (Phi) is 7.67. The monoisotopic (exact) mass is 598 g/mol. The van der Waals surface area contributed by atoms with Crippen molar-refractivity contribution in [2.75, 3.05) is 33.0 Å². The van der Waals surface area contributed by atoms with Gasteiger partial charge >= 0.3 is 0 Å². The molecule has 4 heterocycles. The van der Waals surface area contributed by atoms with Crippen molar-refractivity contribution in [3.8, 4) is 0 Å². The molecule has 4 aliphatic heterocycles. The maximum atomic E-state index is 13.9. The van der Waals surface area contributed by atoms with Crippen molar-refractivity contribution in [1.29, 1.82) is 10.8 Å². The topological polar surface area (TPSA) is 186 Å². The van der Waals surface area contributed by atoms with Gasteiger partial charge in [0.2, 0.25) is 5.91 Å². The molecular weight excluding hydrogens is 552 g/mol. The fraction of sp³-hybridized carbons (Fsp3) is 0.667. The number of rotatable bonds is 5. The van der Waals surface area contributed by atoms with Crippen molar-refractivity contribution in [3.63, 3.8) is 0 Å². The fourth-order valence-electron chi connectivity index (χ4n) is 6.69. The van der Waals surface area contributed by atoms with Crippen molar-refractivity contribution in [1.82, 2.24) is 31.1 Å². The highest BCUT2D eigenvalue weighted by Gasteiger charge is 2.74. The van der Waals surface area contributed by atoms with E-state index in [2.05, 4.69) is 68.9 Å². The van der Waals surface area contributed by atoms with Gasteiger partial charge in [-0.1, -0.05) is 47.6 Å². The van der Waals surface area contributed by atoms with Gasteiger partial charge in [-0.3, -0.25) is 20.4 Å². The van der Waals surface area contributed by atoms with Crippen LogP contribution in [-0.2, 0) is 20.4 Å². The Hall–Kier alpha value is -3.42. The number of nitrogens with zero attached hydrogens (tertiary/aromatic N) is 2. The second-order valence-electron chi connectivity index (χ2n) is 14.3. The minimum atomic E-state index is -2.01. The van der Waals surface area contributed by atoms with Gasteiger partial charge in [0, 0.05) is 31.7 Å². The lowest BCUT2D eigenvalue weighted by atomic mass is 9.77. The van der Waals surface area contributed by atoms with Crippen LogP contribution in [0.4, 0.5) is 0 Å². The van der Waals surface area contributed by atoms with Gasteiger partial charge in [0.15, 0.2) is 23.2 Å². The van der Waals surface area contributed by atoms with Gasteiger partial charge in [0.25, 0.3) is 5.91 Å². The Bertz CT molecular complexity index is 1290. The molecular formula is C30H46N8O5. The number of hydrogen-bond acceptors (Lipinski definition) is 7. The van der Waals surface area contributed by atoms with Crippen LogP contribution in [0.2, 0.25) is 0 Å². The summed E-state index contributed by atoms with van der Waals surface area (Å²) < 4.78 is 5.58. The largest absolute Gasteiger partial charge is 0.393 e. The molecule has 236 valence electrons. The standard InChI is InChI=1S/C30H46N8O5/c1-27(2,3)18-10-17(11-19(12-18)28(4,5)6)24(41)34-21-14-38-26(32)33-20(13-37-16-43-9-7-8-22(37)40)23-30(38,29(21,42)15-39)36-25(31)35-23/h10-12,20-21,23,39,42H,7-9,13-16H2,1-6H3,(H2,32,33)(H,34,41)(H3,31,35,36)/t20?,21-,23?,29+,30?/m0/s1. The van der Waals surface area contributed by atoms with E-state index >= 15 is 0 Å². The fourth-order valence-corrected chi connectivity index (χ4v) is 6.69. The van der Waals surface area contributed by atoms with Gasteiger partial charge < -0.3 is 46.0 Å². The van der Waals surface area contributed by atoms with Crippen LogP contribution in [0.15, 0.2) is 18.2 Å². The van der Waals surface area contributed by atoms with Crippen LogP contribution in [-0.4, -0.2) is 106 Å². The molecule has 1 aromatic rings. The number of carbonyl (C=O) groups excluding carboxylic acids is 2. The van der Waals surface area contributed by atoms with E-state index in [-0.39, 0.29) is 48.5 Å². The average Bonchev–Trinajstić information content (AvgIpc) is 3.31. The number of benzene rings is 1. The molecule has 3 unspecified atom stereocenters. The zero-order chi connectivity index (χ0) is 31.5. The lowest BCUT2D eigenvalue weighted by molar-refractivity contribution is -0.136. The molecule has 5 rings (SSSR count). The smallest absolute Gasteiger partial charge is 0.251 e. The van der Waals surface area contributed by atoms with E-state index in [4.69, 9.17) is 15.6 Å². The van der Waals surface area contributed by atoms with Crippen molar-refractivity contribution in [2.45, 2.75) is 94.6 Å². The van der Waals surface area contributed by atoms with E-state index in [0.29, 0.717) is 25.0 Å². The summed E-state index contributed by atoms with van der Waals surface area (Å²) >= 11 is 0. The molecule has 0 aliphatic carbocycles. The highest BCUT2D eigenvalue weighted by atomic mass is 16.5. The van der Waals surface area contributed by atoms with Crippen molar-refractivity contribution in [3.05, 3.63) is 34.9 Å². The van der Waals surface area contributed by atoms with E-state index in [9.17, 15) is 19.8 Å². The summed E-state index contributed by atoms with van der Waals surface area (Å²) in [6.07, 6.45) is 0.964. The summed E-state index contributed by atoms with van der Waals surface area (Å²) in [5, 5.41) is 52.6. The van der Waals surface area contributed by atoms with Crippen molar-refractivity contribution < 1.29 is 24.5 Å². The molecule has 0 radical (unpaired) electrons. The highest BCUT2D eigenvalue weighted by molar-refractivity contribution is 5.95. The number of aliphatic hydroxyl groups excluding tert-OH is 1. The summed E-state index contributed by atoms with van der Waals surface area (Å²) in [7, 11) is 0. The van der Waals surface area contributed by atoms with E-state index in [1.54, 1.807) is 9.80 Å². The van der Waals surface area contributed by atoms with E-state index in [0.717, 1.165) is 11.1 Å². The molecule has 8 N–H and O–H groups in total. The normalized spacial score (nSPS) is 31.1. The number of aliphatic hydroxyl groups is 2. The number of hydrogen-bond donors (Lipinski definition) is 8.